The first-order chi connectivity index (χ1) is 11.2. The molecule has 0 spiro atoms. The Morgan fingerprint density at radius 1 is 1.09 bits per heavy atom. The first kappa shape index (κ1) is 14.4. The molecule has 0 unspecified atom stereocenters. The van der Waals surface area contributed by atoms with Crippen molar-refractivity contribution in [2.75, 3.05) is 18.0 Å². The number of benzene rings is 1. The van der Waals surface area contributed by atoms with Crippen molar-refractivity contribution in [3.05, 3.63) is 30.0 Å². The van der Waals surface area contributed by atoms with Gasteiger partial charge in [-0.1, -0.05) is 24.3 Å². The number of aryl methyl sites for hydroxylation is 1. The summed E-state index contributed by atoms with van der Waals surface area (Å²) in [5.74, 6) is 1.34. The maximum absolute atomic E-state index is 12.2. The predicted octanol–water partition coefficient (Wildman–Crippen LogP) is 2.43. The van der Waals surface area contributed by atoms with Gasteiger partial charge in [0.2, 0.25) is 5.91 Å². The third-order valence-electron chi connectivity index (χ3n) is 4.94. The van der Waals surface area contributed by atoms with Crippen LogP contribution >= 0.6 is 0 Å². The minimum absolute atomic E-state index is 0.150. The molecule has 1 saturated carbocycles. The van der Waals surface area contributed by atoms with E-state index in [4.69, 9.17) is 0 Å². The molecule has 1 aromatic carbocycles. The molecule has 0 atom stereocenters. The molecule has 1 N–H and O–H groups in total. The molecule has 2 fully saturated rings. The van der Waals surface area contributed by atoms with E-state index in [0.717, 1.165) is 61.1 Å². The molecule has 2 aliphatic rings. The Morgan fingerprint density at radius 2 is 1.78 bits per heavy atom. The van der Waals surface area contributed by atoms with Crippen LogP contribution in [0.15, 0.2) is 24.3 Å². The van der Waals surface area contributed by atoms with E-state index in [1.165, 1.54) is 0 Å². The summed E-state index contributed by atoms with van der Waals surface area (Å²) in [4.78, 5) is 14.5. The van der Waals surface area contributed by atoms with Crippen molar-refractivity contribution < 1.29 is 4.79 Å². The fraction of sp³-hybridized carbons (Fsp3) is 0.500. The Balaban J connectivity index is 1.50. The fourth-order valence-electron chi connectivity index (χ4n) is 3.36. The van der Waals surface area contributed by atoms with E-state index < -0.39 is 0 Å². The second kappa shape index (κ2) is 5.80. The van der Waals surface area contributed by atoms with Crippen molar-refractivity contribution in [2.24, 2.45) is 5.92 Å². The number of hydrogen-bond acceptors (Lipinski definition) is 4. The van der Waals surface area contributed by atoms with E-state index in [1.807, 2.05) is 19.1 Å². The van der Waals surface area contributed by atoms with Crippen LogP contribution in [0, 0.1) is 12.8 Å². The smallest absolute Gasteiger partial charge is 0.223 e. The average molecular weight is 310 g/mol. The number of amides is 1. The fourth-order valence-corrected chi connectivity index (χ4v) is 3.36. The zero-order valence-electron chi connectivity index (χ0n) is 13.5. The van der Waals surface area contributed by atoms with E-state index >= 15 is 0 Å². The summed E-state index contributed by atoms with van der Waals surface area (Å²) in [6.07, 6.45) is 4.08. The van der Waals surface area contributed by atoms with Crippen LogP contribution in [0.5, 0.6) is 0 Å². The summed E-state index contributed by atoms with van der Waals surface area (Å²) in [5.41, 5.74) is 0.961. The molecule has 1 aromatic heterocycles. The number of hydrogen-bond donors (Lipinski definition) is 1. The molecule has 23 heavy (non-hydrogen) atoms. The van der Waals surface area contributed by atoms with Crippen LogP contribution in [0.3, 0.4) is 0 Å². The standard InChI is InChI=1S/C18H22N4O/c1-12-15-4-2-3-5-16(15)17(21-20-12)22-10-8-13(9-11-22)18(23)19-14-6-7-14/h2-5,13-14H,6-11H2,1H3,(H,19,23). The Labute approximate surface area is 136 Å². The topological polar surface area (TPSA) is 58.1 Å². The highest BCUT2D eigenvalue weighted by Crippen LogP contribution is 2.29. The Bertz CT molecular complexity index is 733. The van der Waals surface area contributed by atoms with Crippen LogP contribution in [0.4, 0.5) is 5.82 Å². The van der Waals surface area contributed by atoms with Gasteiger partial charge < -0.3 is 10.2 Å². The quantitative estimate of drug-likeness (QED) is 0.946. The SMILES string of the molecule is Cc1nnc(N2CCC(C(=O)NC3CC3)CC2)c2ccccc12. The number of anilines is 1. The lowest BCUT2D eigenvalue weighted by atomic mass is 9.95. The highest BCUT2D eigenvalue weighted by molar-refractivity contribution is 5.93. The molecule has 0 bridgehead atoms. The largest absolute Gasteiger partial charge is 0.355 e. The normalized spacial score (nSPS) is 19.1. The Hall–Kier alpha value is -2.17. The van der Waals surface area contributed by atoms with Gasteiger partial charge in [0.05, 0.1) is 5.69 Å². The van der Waals surface area contributed by atoms with Gasteiger partial charge in [-0.3, -0.25) is 4.79 Å². The van der Waals surface area contributed by atoms with Gasteiger partial charge in [0, 0.05) is 35.8 Å². The van der Waals surface area contributed by atoms with Crippen LogP contribution in [0.25, 0.3) is 10.8 Å². The molecule has 2 heterocycles. The highest BCUT2D eigenvalue weighted by Gasteiger charge is 2.30. The molecule has 1 aliphatic heterocycles. The molecule has 1 aliphatic carbocycles. The van der Waals surface area contributed by atoms with Gasteiger partial charge in [0.1, 0.15) is 0 Å². The number of rotatable bonds is 3. The number of nitrogens with zero attached hydrogens (tertiary/aromatic N) is 3. The molecule has 1 amide bonds. The van der Waals surface area contributed by atoms with E-state index in [1.54, 1.807) is 0 Å². The van der Waals surface area contributed by atoms with Crippen LogP contribution in [0.1, 0.15) is 31.4 Å². The van der Waals surface area contributed by atoms with Crippen molar-refractivity contribution in [3.8, 4) is 0 Å². The van der Waals surface area contributed by atoms with Crippen molar-refractivity contribution >= 4 is 22.5 Å². The molecule has 1 saturated heterocycles. The first-order valence-corrected chi connectivity index (χ1v) is 8.50. The predicted molar refractivity (Wildman–Crippen MR) is 90.4 cm³/mol. The molecule has 2 aromatic rings. The average Bonchev–Trinajstić information content (AvgIpc) is 3.40. The lowest BCUT2D eigenvalue weighted by molar-refractivity contribution is -0.125. The molecule has 5 nitrogen and oxygen atoms in total. The lowest BCUT2D eigenvalue weighted by Gasteiger charge is -2.32. The second-order valence-electron chi connectivity index (χ2n) is 6.70. The maximum atomic E-state index is 12.2. The number of aromatic nitrogens is 2. The number of nitrogens with one attached hydrogen (secondary N) is 1. The molecule has 4 rings (SSSR count). The molecule has 120 valence electrons. The molecule has 0 radical (unpaired) electrons. The number of carbonyl (C=O) groups is 1. The van der Waals surface area contributed by atoms with Crippen LogP contribution < -0.4 is 10.2 Å². The minimum Gasteiger partial charge on any atom is -0.355 e. The number of carbonyl (C=O) groups excluding carboxylic acids is 1. The summed E-state index contributed by atoms with van der Waals surface area (Å²) in [5, 5.41) is 14.2. The third-order valence-corrected chi connectivity index (χ3v) is 4.94. The van der Waals surface area contributed by atoms with E-state index in [0.29, 0.717) is 6.04 Å². The first-order valence-electron chi connectivity index (χ1n) is 8.50. The van der Waals surface area contributed by atoms with E-state index in [9.17, 15) is 4.79 Å². The summed E-state index contributed by atoms with van der Waals surface area (Å²) >= 11 is 0. The maximum Gasteiger partial charge on any atom is 0.223 e. The van der Waals surface area contributed by atoms with Gasteiger partial charge >= 0.3 is 0 Å². The second-order valence-corrected chi connectivity index (χ2v) is 6.70. The van der Waals surface area contributed by atoms with Gasteiger partial charge in [-0.15, -0.1) is 5.10 Å². The lowest BCUT2D eigenvalue weighted by Crippen LogP contribution is -2.41. The molecule has 5 heteroatoms. The van der Waals surface area contributed by atoms with Crippen LogP contribution in [-0.4, -0.2) is 35.2 Å². The van der Waals surface area contributed by atoms with Gasteiger partial charge in [-0.25, -0.2) is 0 Å². The Kier molecular flexibility index (Phi) is 3.63. The van der Waals surface area contributed by atoms with Gasteiger partial charge in [-0.05, 0) is 32.6 Å². The van der Waals surface area contributed by atoms with Crippen molar-refractivity contribution in [1.29, 1.82) is 0 Å². The highest BCUT2D eigenvalue weighted by atomic mass is 16.2. The van der Waals surface area contributed by atoms with Crippen LogP contribution in [0.2, 0.25) is 0 Å². The van der Waals surface area contributed by atoms with E-state index in [2.05, 4.69) is 32.5 Å². The number of piperidine rings is 1. The molecular weight excluding hydrogens is 288 g/mol. The zero-order chi connectivity index (χ0) is 15.8. The van der Waals surface area contributed by atoms with Gasteiger partial charge in [0.15, 0.2) is 5.82 Å². The van der Waals surface area contributed by atoms with Gasteiger partial charge in [-0.2, -0.15) is 5.10 Å². The summed E-state index contributed by atoms with van der Waals surface area (Å²) in [6, 6.07) is 8.74. The molecular formula is C18H22N4O. The minimum atomic E-state index is 0.150. The summed E-state index contributed by atoms with van der Waals surface area (Å²) in [7, 11) is 0. The summed E-state index contributed by atoms with van der Waals surface area (Å²) in [6.45, 7) is 3.72. The third kappa shape index (κ3) is 2.87. The zero-order valence-corrected chi connectivity index (χ0v) is 13.5. The van der Waals surface area contributed by atoms with Crippen molar-refractivity contribution in [3.63, 3.8) is 0 Å². The van der Waals surface area contributed by atoms with Crippen molar-refractivity contribution in [2.45, 2.75) is 38.6 Å². The Morgan fingerprint density at radius 3 is 2.48 bits per heavy atom. The van der Waals surface area contributed by atoms with E-state index in [-0.39, 0.29) is 11.8 Å². The van der Waals surface area contributed by atoms with Crippen molar-refractivity contribution in [1.82, 2.24) is 15.5 Å². The van der Waals surface area contributed by atoms with Gasteiger partial charge in [0.25, 0.3) is 0 Å². The number of fused-ring (bicyclic) bond motifs is 1. The monoisotopic (exact) mass is 310 g/mol. The summed E-state index contributed by atoms with van der Waals surface area (Å²) < 4.78 is 0. The van der Waals surface area contributed by atoms with Crippen LogP contribution in [-0.2, 0) is 4.79 Å².